The van der Waals surface area contributed by atoms with Crippen LogP contribution in [-0.4, -0.2) is 69.6 Å². The molecular weight excluding hydrogens is 559 g/mol. The SMILES string of the molecule is CCn1nc(C(=O)NCC2(O)CCC(S(C)(=O)=O)CC2)c(Cl)c1-c1cnc(NC(C)(C)CC(F)(F)F)cc1C. The molecule has 0 aliphatic heterocycles. The Hall–Kier alpha value is -2.38. The number of sulfone groups is 1. The molecule has 0 spiro atoms. The number of nitrogens with zero attached hydrogens (tertiary/aromatic N) is 3. The highest BCUT2D eigenvalue weighted by atomic mass is 35.5. The van der Waals surface area contributed by atoms with Crippen LogP contribution in [0.1, 0.15) is 68.9 Å². The van der Waals surface area contributed by atoms with Gasteiger partial charge in [-0.2, -0.15) is 18.3 Å². The minimum absolute atomic E-state index is 0.0464. The van der Waals surface area contributed by atoms with Gasteiger partial charge < -0.3 is 15.7 Å². The van der Waals surface area contributed by atoms with Crippen molar-refractivity contribution < 1.29 is 31.5 Å². The van der Waals surface area contributed by atoms with Gasteiger partial charge in [-0.1, -0.05) is 11.6 Å². The van der Waals surface area contributed by atoms with Gasteiger partial charge >= 0.3 is 6.18 Å². The predicted octanol–water partition coefficient (Wildman–Crippen LogP) is 4.52. The van der Waals surface area contributed by atoms with Gasteiger partial charge in [-0.3, -0.25) is 9.48 Å². The monoisotopic (exact) mass is 593 g/mol. The number of pyridine rings is 1. The number of aliphatic hydroxyl groups is 1. The normalized spacial score (nSPS) is 20.6. The molecule has 0 radical (unpaired) electrons. The molecule has 1 fully saturated rings. The van der Waals surface area contributed by atoms with Crippen LogP contribution in [-0.2, 0) is 16.4 Å². The molecule has 218 valence electrons. The lowest BCUT2D eigenvalue weighted by molar-refractivity contribution is -0.142. The zero-order valence-electron chi connectivity index (χ0n) is 22.6. The molecular formula is C25H35ClF3N5O4S. The zero-order valence-corrected chi connectivity index (χ0v) is 24.2. The molecule has 2 heterocycles. The molecule has 0 saturated heterocycles. The first kappa shape index (κ1) is 31.2. The van der Waals surface area contributed by atoms with E-state index in [1.165, 1.54) is 31.0 Å². The van der Waals surface area contributed by atoms with Crippen LogP contribution < -0.4 is 10.6 Å². The van der Waals surface area contributed by atoms with E-state index in [0.717, 1.165) is 0 Å². The van der Waals surface area contributed by atoms with Gasteiger partial charge in [0.05, 0.1) is 28.0 Å². The summed E-state index contributed by atoms with van der Waals surface area (Å²) < 4.78 is 63.8. The molecule has 14 heteroatoms. The molecule has 0 aromatic carbocycles. The second-order valence-corrected chi connectivity index (χ2v) is 13.7. The summed E-state index contributed by atoms with van der Waals surface area (Å²) in [5.41, 5.74) is -0.900. The number of carbonyl (C=O) groups is 1. The molecule has 3 N–H and O–H groups in total. The van der Waals surface area contributed by atoms with Crippen LogP contribution in [0.2, 0.25) is 5.02 Å². The zero-order chi connectivity index (χ0) is 29.4. The summed E-state index contributed by atoms with van der Waals surface area (Å²) in [6.07, 6.45) is -1.63. The minimum Gasteiger partial charge on any atom is -0.388 e. The van der Waals surface area contributed by atoms with Gasteiger partial charge in [0.1, 0.15) is 15.7 Å². The molecule has 3 rings (SSSR count). The lowest BCUT2D eigenvalue weighted by atomic mass is 9.84. The molecule has 9 nitrogen and oxygen atoms in total. The average molecular weight is 594 g/mol. The van der Waals surface area contributed by atoms with Crippen molar-refractivity contribution in [3.63, 3.8) is 0 Å². The van der Waals surface area contributed by atoms with Crippen molar-refractivity contribution in [1.82, 2.24) is 20.1 Å². The van der Waals surface area contributed by atoms with Gasteiger partial charge in [-0.15, -0.1) is 0 Å². The van der Waals surface area contributed by atoms with Crippen LogP contribution in [0.3, 0.4) is 0 Å². The van der Waals surface area contributed by atoms with Crippen molar-refractivity contribution in [2.45, 2.75) is 88.9 Å². The molecule has 2 aromatic rings. The highest BCUT2D eigenvalue weighted by molar-refractivity contribution is 7.91. The van der Waals surface area contributed by atoms with Crippen molar-refractivity contribution in [2.75, 3.05) is 18.1 Å². The van der Waals surface area contributed by atoms with Gasteiger partial charge in [-0.05, 0) is 65.0 Å². The topological polar surface area (TPSA) is 126 Å². The van der Waals surface area contributed by atoms with Crippen molar-refractivity contribution in [1.29, 1.82) is 0 Å². The lowest BCUT2D eigenvalue weighted by Gasteiger charge is -2.35. The largest absolute Gasteiger partial charge is 0.391 e. The van der Waals surface area contributed by atoms with Crippen LogP contribution in [0.25, 0.3) is 11.3 Å². The summed E-state index contributed by atoms with van der Waals surface area (Å²) in [7, 11) is -3.19. The summed E-state index contributed by atoms with van der Waals surface area (Å²) in [6, 6.07) is 1.61. The number of hydrogen-bond donors (Lipinski definition) is 3. The van der Waals surface area contributed by atoms with Crippen molar-refractivity contribution in [3.8, 4) is 11.3 Å². The van der Waals surface area contributed by atoms with Crippen LogP contribution in [0, 0.1) is 6.92 Å². The summed E-state index contributed by atoms with van der Waals surface area (Å²) in [5, 5.41) is 20.3. The smallest absolute Gasteiger partial charge is 0.388 e. The number of nitrogens with one attached hydrogen (secondary N) is 2. The summed E-state index contributed by atoms with van der Waals surface area (Å²) in [4.78, 5) is 17.3. The Morgan fingerprint density at radius 2 is 1.90 bits per heavy atom. The molecule has 0 bridgehead atoms. The Morgan fingerprint density at radius 1 is 1.28 bits per heavy atom. The molecule has 39 heavy (non-hydrogen) atoms. The second kappa shape index (κ2) is 11.2. The van der Waals surface area contributed by atoms with E-state index in [-0.39, 0.29) is 35.9 Å². The number of halogens is 4. The Balaban J connectivity index is 1.77. The maximum Gasteiger partial charge on any atom is 0.391 e. The first-order valence-electron chi connectivity index (χ1n) is 12.6. The number of amides is 1. The quantitative estimate of drug-likeness (QED) is 0.390. The van der Waals surface area contributed by atoms with Crippen molar-refractivity contribution in [2.24, 2.45) is 0 Å². The molecule has 0 atom stereocenters. The minimum atomic E-state index is -4.34. The van der Waals surface area contributed by atoms with Crippen molar-refractivity contribution in [3.05, 3.63) is 28.5 Å². The Morgan fingerprint density at radius 3 is 2.41 bits per heavy atom. The fraction of sp³-hybridized carbons (Fsp3) is 0.640. The van der Waals surface area contributed by atoms with E-state index >= 15 is 0 Å². The third-order valence-electron chi connectivity index (χ3n) is 6.93. The van der Waals surface area contributed by atoms with Gasteiger partial charge in [0.2, 0.25) is 0 Å². The number of anilines is 1. The lowest BCUT2D eigenvalue weighted by Crippen LogP contribution is -2.47. The summed E-state index contributed by atoms with van der Waals surface area (Å²) >= 11 is 6.61. The van der Waals surface area contributed by atoms with Gasteiger partial charge in [0, 0.05) is 36.6 Å². The maximum absolute atomic E-state index is 13.0. The number of hydrogen-bond acceptors (Lipinski definition) is 7. The highest BCUT2D eigenvalue weighted by Gasteiger charge is 2.38. The Labute approximate surface area is 231 Å². The second-order valence-electron chi connectivity index (χ2n) is 10.9. The number of alkyl halides is 3. The average Bonchev–Trinajstić information content (AvgIpc) is 3.11. The Kier molecular flexibility index (Phi) is 8.98. The number of carbonyl (C=O) groups excluding carboxylic acids is 1. The van der Waals surface area contributed by atoms with E-state index in [4.69, 9.17) is 11.6 Å². The fourth-order valence-electron chi connectivity index (χ4n) is 4.90. The van der Waals surface area contributed by atoms with Crippen molar-refractivity contribution >= 4 is 33.2 Å². The molecule has 1 aliphatic rings. The molecule has 1 aliphatic carbocycles. The number of aromatic nitrogens is 3. The first-order valence-corrected chi connectivity index (χ1v) is 14.9. The predicted molar refractivity (Wildman–Crippen MR) is 144 cm³/mol. The summed E-state index contributed by atoms with van der Waals surface area (Å²) in [5.74, 6) is -0.328. The molecule has 0 unspecified atom stereocenters. The molecule has 2 aromatic heterocycles. The van der Waals surface area contributed by atoms with Gasteiger partial charge in [-0.25, -0.2) is 13.4 Å². The van der Waals surface area contributed by atoms with E-state index in [2.05, 4.69) is 20.7 Å². The van der Waals surface area contributed by atoms with E-state index in [9.17, 15) is 31.5 Å². The van der Waals surface area contributed by atoms with E-state index in [1.807, 2.05) is 6.92 Å². The third-order valence-corrected chi connectivity index (χ3v) is 8.97. The Bertz CT molecular complexity index is 1320. The standard InChI is InChI=1S/C25H35ClF3N5O4S/c1-6-34-21(17-12-30-18(11-15(17)2)32-23(3,4)13-25(27,28)29)19(26)20(33-34)22(35)31-14-24(36)9-7-16(8-10-24)39(5,37)38/h11-12,16,36H,6-10,13-14H2,1-5H3,(H,30,32)(H,31,35). The van der Waals surface area contributed by atoms with Crippen LogP contribution >= 0.6 is 11.6 Å². The van der Waals surface area contributed by atoms with Crippen LogP contribution in [0.4, 0.5) is 19.0 Å². The number of aryl methyl sites for hydroxylation is 2. The third kappa shape index (κ3) is 7.85. The summed E-state index contributed by atoms with van der Waals surface area (Å²) in [6.45, 7) is 6.74. The molecule has 1 saturated carbocycles. The van der Waals surface area contributed by atoms with E-state index < -0.39 is 44.7 Å². The molecule has 1 amide bonds. The van der Waals surface area contributed by atoms with Gasteiger partial charge in [0.15, 0.2) is 5.69 Å². The fourth-order valence-corrected chi connectivity index (χ4v) is 6.31. The van der Waals surface area contributed by atoms with Crippen LogP contribution in [0.15, 0.2) is 12.3 Å². The van der Waals surface area contributed by atoms with E-state index in [1.54, 1.807) is 13.0 Å². The van der Waals surface area contributed by atoms with Crippen LogP contribution in [0.5, 0.6) is 0 Å². The number of rotatable bonds is 9. The van der Waals surface area contributed by atoms with Gasteiger partial charge in [0.25, 0.3) is 5.91 Å². The highest BCUT2D eigenvalue weighted by Crippen LogP contribution is 2.35. The first-order chi connectivity index (χ1) is 17.8. The maximum atomic E-state index is 13.0. The van der Waals surface area contributed by atoms with E-state index in [0.29, 0.717) is 36.2 Å².